The zero-order valence-corrected chi connectivity index (χ0v) is 6.90. The standard InChI is InChI=1S/C11H11N/c1-2-12-9-5-7-10-6-3-4-8-11(10)12/h2-8H,1,9H2. The van der Waals surface area contributed by atoms with Gasteiger partial charge in [0.2, 0.25) is 0 Å². The minimum Gasteiger partial charge on any atom is -0.344 e. The molecule has 2 rings (SSSR count). The lowest BCUT2D eigenvalue weighted by atomic mass is 10.1. The van der Waals surface area contributed by atoms with Crippen LogP contribution in [0.1, 0.15) is 5.56 Å². The van der Waals surface area contributed by atoms with Gasteiger partial charge in [-0.3, -0.25) is 0 Å². The van der Waals surface area contributed by atoms with Crippen molar-refractivity contribution in [3.63, 3.8) is 0 Å². The molecule has 0 atom stereocenters. The summed E-state index contributed by atoms with van der Waals surface area (Å²) < 4.78 is 0. The molecule has 1 aliphatic rings. The van der Waals surface area contributed by atoms with Crippen molar-refractivity contribution in [2.45, 2.75) is 0 Å². The van der Waals surface area contributed by atoms with Gasteiger partial charge in [0.25, 0.3) is 0 Å². The van der Waals surface area contributed by atoms with E-state index in [1.165, 1.54) is 11.3 Å². The Morgan fingerprint density at radius 1 is 1.33 bits per heavy atom. The van der Waals surface area contributed by atoms with Gasteiger partial charge in [-0.15, -0.1) is 0 Å². The molecule has 0 saturated carbocycles. The van der Waals surface area contributed by atoms with Crippen molar-refractivity contribution < 1.29 is 0 Å². The molecule has 0 spiro atoms. The molecule has 0 unspecified atom stereocenters. The Hall–Kier alpha value is -1.50. The first-order valence-electron chi connectivity index (χ1n) is 4.06. The lowest BCUT2D eigenvalue weighted by Crippen LogP contribution is -2.18. The number of hydrogen-bond acceptors (Lipinski definition) is 1. The average molecular weight is 157 g/mol. The number of fused-ring (bicyclic) bond motifs is 1. The van der Waals surface area contributed by atoms with Gasteiger partial charge in [0.05, 0.1) is 0 Å². The lowest BCUT2D eigenvalue weighted by molar-refractivity contribution is 1.08. The molecule has 1 nitrogen and oxygen atoms in total. The third-order valence-corrected chi connectivity index (χ3v) is 2.07. The van der Waals surface area contributed by atoms with Crippen LogP contribution in [0.3, 0.4) is 0 Å². The third kappa shape index (κ3) is 1.03. The Labute approximate surface area is 72.6 Å². The van der Waals surface area contributed by atoms with Gasteiger partial charge in [-0.1, -0.05) is 36.9 Å². The summed E-state index contributed by atoms with van der Waals surface area (Å²) in [4.78, 5) is 2.13. The fourth-order valence-electron chi connectivity index (χ4n) is 1.45. The summed E-state index contributed by atoms with van der Waals surface area (Å²) in [6.07, 6.45) is 6.15. The summed E-state index contributed by atoms with van der Waals surface area (Å²) in [5, 5.41) is 0. The van der Waals surface area contributed by atoms with E-state index in [2.05, 4.69) is 47.9 Å². The molecule has 1 heterocycles. The Morgan fingerprint density at radius 3 is 3.00 bits per heavy atom. The second-order valence-corrected chi connectivity index (χ2v) is 2.80. The fraction of sp³-hybridized carbons (Fsp3) is 0.0909. The molecule has 0 aromatic heterocycles. The molecule has 1 aromatic rings. The first-order chi connectivity index (χ1) is 5.92. The number of para-hydroxylation sites is 1. The van der Waals surface area contributed by atoms with E-state index in [1.54, 1.807) is 0 Å². The highest BCUT2D eigenvalue weighted by Crippen LogP contribution is 2.24. The van der Waals surface area contributed by atoms with Crippen molar-refractivity contribution in [2.24, 2.45) is 0 Å². The molecule has 0 N–H and O–H groups in total. The van der Waals surface area contributed by atoms with Gasteiger partial charge >= 0.3 is 0 Å². The SMILES string of the molecule is C=CN1CC=Cc2ccccc21. The van der Waals surface area contributed by atoms with E-state index >= 15 is 0 Å². The molecular weight excluding hydrogens is 146 g/mol. The van der Waals surface area contributed by atoms with E-state index < -0.39 is 0 Å². The molecule has 0 bridgehead atoms. The van der Waals surface area contributed by atoms with E-state index in [-0.39, 0.29) is 0 Å². The largest absolute Gasteiger partial charge is 0.344 e. The van der Waals surface area contributed by atoms with Crippen LogP contribution < -0.4 is 4.90 Å². The van der Waals surface area contributed by atoms with Crippen LogP contribution in [0.5, 0.6) is 0 Å². The van der Waals surface area contributed by atoms with Gasteiger partial charge in [0.15, 0.2) is 0 Å². The monoisotopic (exact) mass is 157 g/mol. The van der Waals surface area contributed by atoms with Crippen LogP contribution >= 0.6 is 0 Å². The quantitative estimate of drug-likeness (QED) is 0.605. The van der Waals surface area contributed by atoms with Crippen LogP contribution in [-0.2, 0) is 0 Å². The van der Waals surface area contributed by atoms with E-state index in [1.807, 2.05) is 6.20 Å². The molecule has 0 amide bonds. The summed E-state index contributed by atoms with van der Waals surface area (Å²) in [7, 11) is 0. The second-order valence-electron chi connectivity index (χ2n) is 2.80. The van der Waals surface area contributed by atoms with Crippen LogP contribution in [0.2, 0.25) is 0 Å². The van der Waals surface area contributed by atoms with Crippen molar-refractivity contribution >= 4 is 11.8 Å². The summed E-state index contributed by atoms with van der Waals surface area (Å²) in [5.41, 5.74) is 2.51. The van der Waals surface area contributed by atoms with Gasteiger partial charge in [-0.25, -0.2) is 0 Å². The van der Waals surface area contributed by atoms with Crippen molar-refractivity contribution in [2.75, 3.05) is 11.4 Å². The Bertz CT molecular complexity index is 326. The smallest absolute Gasteiger partial charge is 0.0482 e. The van der Waals surface area contributed by atoms with Crippen LogP contribution in [-0.4, -0.2) is 6.54 Å². The van der Waals surface area contributed by atoms with Crippen molar-refractivity contribution in [1.29, 1.82) is 0 Å². The maximum Gasteiger partial charge on any atom is 0.0482 e. The van der Waals surface area contributed by atoms with Crippen molar-refractivity contribution in [3.8, 4) is 0 Å². The molecule has 1 aromatic carbocycles. The summed E-state index contributed by atoms with van der Waals surface area (Å²) in [5.74, 6) is 0. The van der Waals surface area contributed by atoms with Crippen LogP contribution in [0.15, 0.2) is 43.1 Å². The summed E-state index contributed by atoms with van der Waals surface area (Å²) >= 11 is 0. The Balaban J connectivity index is 2.52. The summed E-state index contributed by atoms with van der Waals surface area (Å²) in [6.45, 7) is 4.71. The average Bonchev–Trinajstić information content (AvgIpc) is 2.17. The molecule has 0 aliphatic carbocycles. The maximum atomic E-state index is 3.78. The van der Waals surface area contributed by atoms with Gasteiger partial charge in [-0.05, 0) is 17.8 Å². The second kappa shape index (κ2) is 2.86. The maximum absolute atomic E-state index is 3.78. The summed E-state index contributed by atoms with van der Waals surface area (Å²) in [6, 6.07) is 8.33. The molecule has 0 fully saturated rings. The fourth-order valence-corrected chi connectivity index (χ4v) is 1.45. The number of anilines is 1. The molecule has 0 saturated heterocycles. The number of rotatable bonds is 1. The zero-order chi connectivity index (χ0) is 8.39. The predicted molar refractivity (Wildman–Crippen MR) is 53.0 cm³/mol. The Kier molecular flexibility index (Phi) is 1.71. The number of hydrogen-bond donors (Lipinski definition) is 0. The van der Waals surface area contributed by atoms with Gasteiger partial charge in [-0.2, -0.15) is 0 Å². The van der Waals surface area contributed by atoms with E-state index in [0.29, 0.717) is 0 Å². The molecule has 1 aliphatic heterocycles. The highest BCUT2D eigenvalue weighted by atomic mass is 15.1. The highest BCUT2D eigenvalue weighted by molar-refractivity contribution is 5.72. The van der Waals surface area contributed by atoms with Gasteiger partial charge in [0, 0.05) is 12.2 Å². The van der Waals surface area contributed by atoms with Crippen LogP contribution in [0.25, 0.3) is 6.08 Å². The minimum absolute atomic E-state index is 0.931. The minimum atomic E-state index is 0.931. The van der Waals surface area contributed by atoms with E-state index in [0.717, 1.165) is 6.54 Å². The molecule has 60 valence electrons. The zero-order valence-electron chi connectivity index (χ0n) is 6.90. The molecular formula is C11H11N. The van der Waals surface area contributed by atoms with Gasteiger partial charge < -0.3 is 4.90 Å². The van der Waals surface area contributed by atoms with E-state index in [9.17, 15) is 0 Å². The molecule has 1 heteroatoms. The first-order valence-corrected chi connectivity index (χ1v) is 4.06. The normalized spacial score (nSPS) is 14.2. The predicted octanol–water partition coefficient (Wildman–Crippen LogP) is 2.66. The van der Waals surface area contributed by atoms with Crippen molar-refractivity contribution in [1.82, 2.24) is 0 Å². The van der Waals surface area contributed by atoms with Crippen LogP contribution in [0.4, 0.5) is 5.69 Å². The van der Waals surface area contributed by atoms with Gasteiger partial charge in [0.1, 0.15) is 0 Å². The third-order valence-electron chi connectivity index (χ3n) is 2.07. The number of benzene rings is 1. The number of nitrogens with zero attached hydrogens (tertiary/aromatic N) is 1. The Morgan fingerprint density at radius 2 is 2.17 bits per heavy atom. The topological polar surface area (TPSA) is 3.24 Å². The highest BCUT2D eigenvalue weighted by Gasteiger charge is 2.07. The molecule has 12 heavy (non-hydrogen) atoms. The first kappa shape index (κ1) is 7.17. The van der Waals surface area contributed by atoms with Crippen LogP contribution in [0, 0.1) is 0 Å². The molecule has 0 radical (unpaired) electrons. The van der Waals surface area contributed by atoms with E-state index in [4.69, 9.17) is 0 Å². The van der Waals surface area contributed by atoms with Crippen molar-refractivity contribution in [3.05, 3.63) is 48.7 Å². The lowest BCUT2D eigenvalue weighted by Gasteiger charge is -2.23.